The number of ether oxygens (including phenoxy) is 1. The largest absolute Gasteiger partial charge is 0.486 e. The quantitative estimate of drug-likeness (QED) is 0.642. The van der Waals surface area contributed by atoms with Crippen LogP contribution in [0, 0.1) is 5.41 Å². The molecule has 0 aliphatic heterocycles. The van der Waals surface area contributed by atoms with Crippen LogP contribution in [0.25, 0.3) is 0 Å². The van der Waals surface area contributed by atoms with Crippen molar-refractivity contribution in [3.63, 3.8) is 0 Å². The molecule has 0 saturated heterocycles. The molecule has 0 radical (unpaired) electrons. The second kappa shape index (κ2) is 5.64. The van der Waals surface area contributed by atoms with Gasteiger partial charge in [-0.25, -0.2) is 4.98 Å². The number of nitrogen functional groups attached to an aromatic ring is 1. The lowest BCUT2D eigenvalue weighted by Crippen LogP contribution is -2.08. The molecular formula is C13H15N3OS. The van der Waals surface area contributed by atoms with Crippen molar-refractivity contribution in [1.82, 2.24) is 4.98 Å². The van der Waals surface area contributed by atoms with Crippen LogP contribution in [0.4, 0.5) is 0 Å². The van der Waals surface area contributed by atoms with E-state index < -0.39 is 0 Å². The molecule has 4 nitrogen and oxygen atoms in total. The highest BCUT2D eigenvalue weighted by molar-refractivity contribution is 7.13. The number of rotatable bonds is 5. The minimum atomic E-state index is 0.0479. The van der Waals surface area contributed by atoms with Crippen LogP contribution in [0.2, 0.25) is 0 Å². The second-order valence-electron chi connectivity index (χ2n) is 3.82. The highest BCUT2D eigenvalue weighted by atomic mass is 32.1. The second-order valence-corrected chi connectivity index (χ2v) is 4.94. The fraction of sp³-hybridized carbons (Fsp3) is 0.231. The first-order chi connectivity index (χ1) is 8.69. The van der Waals surface area contributed by atoms with E-state index in [4.69, 9.17) is 15.9 Å². The minimum absolute atomic E-state index is 0.0479. The van der Waals surface area contributed by atoms with E-state index in [1.165, 1.54) is 16.9 Å². The lowest BCUT2D eigenvalue weighted by Gasteiger charge is -2.05. The fourth-order valence-electron chi connectivity index (χ4n) is 1.50. The standard InChI is InChI=1S/C13H15N3OS/c1-2-9-4-3-5-10(6-9)17-8-12-16-7-11(18-12)13(14)15/h3-7H,2,8H2,1H3,(H3,14,15). The van der Waals surface area contributed by atoms with Crippen LogP contribution < -0.4 is 10.5 Å². The molecule has 0 atom stereocenters. The number of amidine groups is 1. The molecule has 94 valence electrons. The van der Waals surface area contributed by atoms with Crippen molar-refractivity contribution in [1.29, 1.82) is 5.41 Å². The molecular weight excluding hydrogens is 246 g/mol. The van der Waals surface area contributed by atoms with Gasteiger partial charge in [0.05, 0.1) is 4.88 Å². The van der Waals surface area contributed by atoms with Gasteiger partial charge in [0.15, 0.2) is 0 Å². The van der Waals surface area contributed by atoms with Crippen LogP contribution in [0.15, 0.2) is 30.5 Å². The lowest BCUT2D eigenvalue weighted by molar-refractivity contribution is 0.305. The van der Waals surface area contributed by atoms with Gasteiger partial charge in [0.1, 0.15) is 23.2 Å². The third kappa shape index (κ3) is 3.07. The van der Waals surface area contributed by atoms with E-state index in [0.29, 0.717) is 11.5 Å². The van der Waals surface area contributed by atoms with E-state index in [0.717, 1.165) is 17.2 Å². The number of thiazole rings is 1. The average molecular weight is 261 g/mol. The van der Waals surface area contributed by atoms with Gasteiger partial charge in [-0.2, -0.15) is 0 Å². The van der Waals surface area contributed by atoms with E-state index in [-0.39, 0.29) is 5.84 Å². The van der Waals surface area contributed by atoms with Crippen molar-refractivity contribution in [2.45, 2.75) is 20.0 Å². The van der Waals surface area contributed by atoms with Crippen LogP contribution in [0.3, 0.4) is 0 Å². The first kappa shape index (κ1) is 12.6. The zero-order valence-corrected chi connectivity index (χ0v) is 11.0. The molecule has 2 rings (SSSR count). The Labute approximate surface area is 110 Å². The van der Waals surface area contributed by atoms with E-state index in [2.05, 4.69) is 18.0 Å². The summed E-state index contributed by atoms with van der Waals surface area (Å²) in [6.07, 6.45) is 2.59. The molecule has 0 bridgehead atoms. The van der Waals surface area contributed by atoms with Crippen molar-refractivity contribution < 1.29 is 4.74 Å². The summed E-state index contributed by atoms with van der Waals surface area (Å²) in [6.45, 7) is 2.52. The average Bonchev–Trinajstić information content (AvgIpc) is 2.85. The fourth-order valence-corrected chi connectivity index (χ4v) is 2.19. The number of benzene rings is 1. The smallest absolute Gasteiger partial charge is 0.140 e. The van der Waals surface area contributed by atoms with Gasteiger partial charge in [-0.1, -0.05) is 19.1 Å². The molecule has 0 aliphatic carbocycles. The molecule has 0 fully saturated rings. The highest BCUT2D eigenvalue weighted by Gasteiger charge is 2.05. The maximum absolute atomic E-state index is 7.31. The Balaban J connectivity index is 1.99. The van der Waals surface area contributed by atoms with Gasteiger partial charge >= 0.3 is 0 Å². The third-order valence-corrected chi connectivity index (χ3v) is 3.49. The van der Waals surface area contributed by atoms with Crippen molar-refractivity contribution in [3.05, 3.63) is 45.9 Å². The van der Waals surface area contributed by atoms with Gasteiger partial charge in [0.2, 0.25) is 0 Å². The molecule has 1 aromatic carbocycles. The molecule has 1 heterocycles. The van der Waals surface area contributed by atoms with Crippen molar-refractivity contribution >= 4 is 17.2 Å². The van der Waals surface area contributed by atoms with Gasteiger partial charge in [-0.05, 0) is 24.1 Å². The summed E-state index contributed by atoms with van der Waals surface area (Å²) in [6, 6.07) is 8.01. The number of nitrogens with zero attached hydrogens (tertiary/aromatic N) is 1. The van der Waals surface area contributed by atoms with Crippen molar-refractivity contribution in [2.75, 3.05) is 0 Å². The molecule has 1 aromatic heterocycles. The Hall–Kier alpha value is -1.88. The molecule has 0 spiro atoms. The van der Waals surface area contributed by atoms with Crippen LogP contribution in [-0.4, -0.2) is 10.8 Å². The van der Waals surface area contributed by atoms with Crippen LogP contribution in [0.1, 0.15) is 22.4 Å². The van der Waals surface area contributed by atoms with E-state index in [1.54, 1.807) is 6.20 Å². The molecule has 0 aliphatic rings. The van der Waals surface area contributed by atoms with E-state index in [1.807, 2.05) is 18.2 Å². The molecule has 3 N–H and O–H groups in total. The van der Waals surface area contributed by atoms with Gasteiger partial charge < -0.3 is 10.5 Å². The third-order valence-electron chi connectivity index (χ3n) is 2.49. The summed E-state index contributed by atoms with van der Waals surface area (Å²) < 4.78 is 5.66. The Morgan fingerprint density at radius 2 is 2.33 bits per heavy atom. The van der Waals surface area contributed by atoms with Crippen molar-refractivity contribution in [2.24, 2.45) is 5.73 Å². The molecule has 5 heteroatoms. The summed E-state index contributed by atoms with van der Waals surface area (Å²) >= 11 is 1.38. The monoisotopic (exact) mass is 261 g/mol. The summed E-state index contributed by atoms with van der Waals surface area (Å²) in [4.78, 5) is 4.84. The summed E-state index contributed by atoms with van der Waals surface area (Å²) in [7, 11) is 0. The van der Waals surface area contributed by atoms with Gasteiger partial charge in [-0.15, -0.1) is 11.3 Å². The lowest BCUT2D eigenvalue weighted by atomic mass is 10.2. The molecule has 2 aromatic rings. The molecule has 0 amide bonds. The Kier molecular flexibility index (Phi) is 3.94. The first-order valence-electron chi connectivity index (χ1n) is 5.70. The normalized spacial score (nSPS) is 10.3. The van der Waals surface area contributed by atoms with E-state index in [9.17, 15) is 0 Å². The van der Waals surface area contributed by atoms with Crippen LogP contribution in [0.5, 0.6) is 5.75 Å². The maximum Gasteiger partial charge on any atom is 0.140 e. The number of nitrogens with one attached hydrogen (secondary N) is 1. The SMILES string of the molecule is CCc1cccc(OCc2ncc(C(=N)N)s2)c1. The number of hydrogen-bond donors (Lipinski definition) is 2. The summed E-state index contributed by atoms with van der Waals surface area (Å²) in [5, 5.41) is 8.13. The minimum Gasteiger partial charge on any atom is -0.486 e. The summed E-state index contributed by atoms with van der Waals surface area (Å²) in [5.41, 5.74) is 6.63. The predicted octanol–water partition coefficient (Wildman–Crippen LogP) is 2.57. The predicted molar refractivity (Wildman–Crippen MR) is 73.3 cm³/mol. The van der Waals surface area contributed by atoms with Crippen LogP contribution in [-0.2, 0) is 13.0 Å². The molecule has 0 unspecified atom stereocenters. The zero-order valence-electron chi connectivity index (χ0n) is 10.1. The van der Waals surface area contributed by atoms with Gasteiger partial charge in [0, 0.05) is 6.20 Å². The summed E-state index contributed by atoms with van der Waals surface area (Å²) in [5.74, 6) is 0.889. The van der Waals surface area contributed by atoms with Crippen molar-refractivity contribution in [3.8, 4) is 5.75 Å². The number of aromatic nitrogens is 1. The van der Waals surface area contributed by atoms with Crippen LogP contribution >= 0.6 is 11.3 Å². The molecule has 0 saturated carbocycles. The topological polar surface area (TPSA) is 72.0 Å². The van der Waals surface area contributed by atoms with E-state index >= 15 is 0 Å². The number of hydrogen-bond acceptors (Lipinski definition) is 4. The maximum atomic E-state index is 7.31. The van der Waals surface area contributed by atoms with Gasteiger partial charge in [-0.3, -0.25) is 5.41 Å². The molecule has 18 heavy (non-hydrogen) atoms. The van der Waals surface area contributed by atoms with Gasteiger partial charge in [0.25, 0.3) is 0 Å². The Morgan fingerprint density at radius 3 is 3.00 bits per heavy atom. The highest BCUT2D eigenvalue weighted by Crippen LogP contribution is 2.18. The Morgan fingerprint density at radius 1 is 1.50 bits per heavy atom. The first-order valence-corrected chi connectivity index (χ1v) is 6.51. The Bertz CT molecular complexity index is 551. The number of nitrogens with two attached hydrogens (primary N) is 1. The number of aryl methyl sites for hydroxylation is 1. The zero-order chi connectivity index (χ0) is 13.0.